The Morgan fingerprint density at radius 1 is 1.18 bits per heavy atom. The number of aromatic nitrogens is 3. The van der Waals surface area contributed by atoms with Crippen molar-refractivity contribution >= 4 is 22.8 Å². The van der Waals surface area contributed by atoms with E-state index < -0.39 is 0 Å². The monoisotopic (exact) mass is 459 g/mol. The van der Waals surface area contributed by atoms with Crippen LogP contribution in [0.3, 0.4) is 0 Å². The van der Waals surface area contributed by atoms with Gasteiger partial charge in [0.1, 0.15) is 11.4 Å². The topological polar surface area (TPSA) is 93.3 Å². The largest absolute Gasteiger partial charge is 0.463 e. The summed E-state index contributed by atoms with van der Waals surface area (Å²) in [6.07, 6.45) is 4.41. The van der Waals surface area contributed by atoms with Crippen LogP contribution in [0, 0.1) is 6.92 Å². The van der Waals surface area contributed by atoms with Gasteiger partial charge in [0, 0.05) is 31.6 Å². The van der Waals surface area contributed by atoms with Crippen LogP contribution in [0.4, 0.5) is 0 Å². The molecule has 176 valence electrons. The van der Waals surface area contributed by atoms with E-state index in [0.717, 1.165) is 16.6 Å². The number of pyridine rings is 1. The number of carbonyl (C=O) groups excluding carboxylic acids is 2. The summed E-state index contributed by atoms with van der Waals surface area (Å²) in [4.78, 5) is 32.0. The van der Waals surface area contributed by atoms with Gasteiger partial charge in [0.25, 0.3) is 11.8 Å². The molecule has 1 aromatic carbocycles. The number of amides is 2. The molecule has 0 radical (unpaired) electrons. The highest BCUT2D eigenvalue weighted by Gasteiger charge is 2.23. The Balaban J connectivity index is 1.47. The molecule has 8 heteroatoms. The Labute approximate surface area is 198 Å². The molecule has 3 aromatic heterocycles. The number of hydrogen-bond acceptors (Lipinski definition) is 5. The van der Waals surface area contributed by atoms with Gasteiger partial charge in [-0.3, -0.25) is 14.3 Å². The first-order valence-corrected chi connectivity index (χ1v) is 11.4. The van der Waals surface area contributed by atoms with Crippen molar-refractivity contribution in [3.8, 4) is 0 Å². The van der Waals surface area contributed by atoms with Gasteiger partial charge >= 0.3 is 0 Å². The van der Waals surface area contributed by atoms with Gasteiger partial charge in [0.05, 0.1) is 18.2 Å². The minimum absolute atomic E-state index is 0.130. The van der Waals surface area contributed by atoms with E-state index in [0.29, 0.717) is 42.9 Å². The van der Waals surface area contributed by atoms with Crippen LogP contribution in [0.5, 0.6) is 0 Å². The standard InChI is InChI=1S/C26H29N5O3/c1-4-31-23(14-18(2)29-31)25(32)27-12-10-21(15-19-8-6-5-7-9-19)30(3)26(33)22-16-20-11-13-34-24(20)17-28-22/h5-9,11,13-14,16-17,21H,4,10,12,15H2,1-3H3,(H,27,32). The molecule has 0 spiro atoms. The zero-order valence-electron chi connectivity index (χ0n) is 19.7. The lowest BCUT2D eigenvalue weighted by Crippen LogP contribution is -2.41. The fraction of sp³-hybridized carbons (Fsp3) is 0.308. The van der Waals surface area contributed by atoms with Crippen LogP contribution in [0.15, 0.2) is 65.4 Å². The second kappa shape index (κ2) is 10.3. The number of likely N-dealkylation sites (N-methyl/N-ethyl adjacent to an activating group) is 1. The van der Waals surface area contributed by atoms with Gasteiger partial charge in [-0.25, -0.2) is 4.98 Å². The van der Waals surface area contributed by atoms with E-state index in [2.05, 4.69) is 15.4 Å². The molecule has 0 bridgehead atoms. The van der Waals surface area contributed by atoms with Crippen LogP contribution >= 0.6 is 0 Å². The first-order valence-electron chi connectivity index (χ1n) is 11.4. The van der Waals surface area contributed by atoms with Crippen LogP contribution in [-0.4, -0.2) is 51.1 Å². The van der Waals surface area contributed by atoms with E-state index in [1.165, 1.54) is 0 Å². The van der Waals surface area contributed by atoms with Gasteiger partial charge in [-0.05, 0) is 50.5 Å². The number of benzene rings is 1. The SMILES string of the molecule is CCn1nc(C)cc1C(=O)NCCC(Cc1ccccc1)N(C)C(=O)c1cc2ccoc2cn1. The van der Waals surface area contributed by atoms with Crippen molar-refractivity contribution in [3.05, 3.63) is 83.6 Å². The molecule has 0 saturated carbocycles. The number of nitrogens with zero attached hydrogens (tertiary/aromatic N) is 4. The molecule has 8 nitrogen and oxygen atoms in total. The molecule has 0 fully saturated rings. The second-order valence-corrected chi connectivity index (χ2v) is 8.32. The highest BCUT2D eigenvalue weighted by molar-refractivity contribution is 5.95. The third-order valence-corrected chi connectivity index (χ3v) is 5.94. The van der Waals surface area contributed by atoms with Crippen LogP contribution in [-0.2, 0) is 13.0 Å². The second-order valence-electron chi connectivity index (χ2n) is 8.32. The maximum absolute atomic E-state index is 13.3. The highest BCUT2D eigenvalue weighted by atomic mass is 16.3. The average Bonchev–Trinajstić information content (AvgIpc) is 3.48. The number of hydrogen-bond donors (Lipinski definition) is 1. The van der Waals surface area contributed by atoms with Crippen molar-refractivity contribution in [2.24, 2.45) is 0 Å². The zero-order chi connectivity index (χ0) is 24.1. The van der Waals surface area contributed by atoms with Gasteiger partial charge in [-0.2, -0.15) is 5.10 Å². The summed E-state index contributed by atoms with van der Waals surface area (Å²) in [5.74, 6) is -0.336. The van der Waals surface area contributed by atoms with Gasteiger partial charge in [0.15, 0.2) is 5.58 Å². The molecule has 0 aliphatic rings. The van der Waals surface area contributed by atoms with Crippen molar-refractivity contribution in [1.82, 2.24) is 25.0 Å². The molecule has 4 aromatic rings. The first-order chi connectivity index (χ1) is 16.5. The Kier molecular flexibility index (Phi) is 7.06. The van der Waals surface area contributed by atoms with Gasteiger partial charge < -0.3 is 14.6 Å². The summed E-state index contributed by atoms with van der Waals surface area (Å²) in [5, 5.41) is 8.17. The summed E-state index contributed by atoms with van der Waals surface area (Å²) >= 11 is 0. The molecule has 0 aliphatic carbocycles. The molecule has 0 saturated heterocycles. The quantitative estimate of drug-likeness (QED) is 0.410. The van der Waals surface area contributed by atoms with Gasteiger partial charge in [-0.15, -0.1) is 0 Å². The predicted molar refractivity (Wildman–Crippen MR) is 130 cm³/mol. The van der Waals surface area contributed by atoms with E-state index in [9.17, 15) is 9.59 Å². The number of aryl methyl sites for hydroxylation is 2. The summed E-state index contributed by atoms with van der Waals surface area (Å²) in [6, 6.07) is 15.2. The molecule has 1 unspecified atom stereocenters. The first kappa shape index (κ1) is 23.2. The van der Waals surface area contributed by atoms with Gasteiger partial charge in [-0.1, -0.05) is 30.3 Å². The Hall–Kier alpha value is -3.94. The van der Waals surface area contributed by atoms with Crippen molar-refractivity contribution < 1.29 is 14.0 Å². The number of nitrogens with one attached hydrogen (secondary N) is 1. The molecule has 2 amide bonds. The summed E-state index contributed by atoms with van der Waals surface area (Å²) in [5.41, 5.74) is 3.48. The van der Waals surface area contributed by atoms with E-state index in [4.69, 9.17) is 4.42 Å². The van der Waals surface area contributed by atoms with Crippen LogP contribution in [0.2, 0.25) is 0 Å². The maximum atomic E-state index is 13.3. The number of rotatable bonds is 9. The van der Waals surface area contributed by atoms with E-state index in [1.807, 2.05) is 50.2 Å². The third kappa shape index (κ3) is 5.17. The van der Waals surface area contributed by atoms with Crippen LogP contribution < -0.4 is 5.32 Å². The van der Waals surface area contributed by atoms with Crippen LogP contribution in [0.25, 0.3) is 11.0 Å². The molecule has 4 rings (SSSR count). The van der Waals surface area contributed by atoms with Crippen molar-refractivity contribution in [2.75, 3.05) is 13.6 Å². The lowest BCUT2D eigenvalue weighted by Gasteiger charge is -2.28. The van der Waals surface area contributed by atoms with Crippen molar-refractivity contribution in [3.63, 3.8) is 0 Å². The van der Waals surface area contributed by atoms with Crippen LogP contribution in [0.1, 0.15) is 45.6 Å². The third-order valence-electron chi connectivity index (χ3n) is 5.94. The average molecular weight is 460 g/mol. The maximum Gasteiger partial charge on any atom is 0.272 e. The summed E-state index contributed by atoms with van der Waals surface area (Å²) < 4.78 is 7.03. The summed E-state index contributed by atoms with van der Waals surface area (Å²) in [7, 11) is 1.79. The summed E-state index contributed by atoms with van der Waals surface area (Å²) in [6.45, 7) is 4.87. The Bertz CT molecular complexity index is 1280. The molecule has 1 atom stereocenters. The number of carbonyl (C=O) groups is 2. The smallest absolute Gasteiger partial charge is 0.272 e. The fourth-order valence-electron chi connectivity index (χ4n) is 4.06. The van der Waals surface area contributed by atoms with E-state index in [-0.39, 0.29) is 17.9 Å². The Morgan fingerprint density at radius 3 is 2.74 bits per heavy atom. The molecular weight excluding hydrogens is 430 g/mol. The molecule has 1 N–H and O–H groups in total. The normalized spacial score (nSPS) is 12.0. The molecule has 0 aliphatic heterocycles. The van der Waals surface area contributed by atoms with E-state index in [1.54, 1.807) is 41.2 Å². The number of furan rings is 1. The molecule has 34 heavy (non-hydrogen) atoms. The van der Waals surface area contributed by atoms with Gasteiger partial charge in [0.2, 0.25) is 0 Å². The minimum atomic E-state index is -0.171. The number of fused-ring (bicyclic) bond motifs is 1. The fourth-order valence-corrected chi connectivity index (χ4v) is 4.06. The zero-order valence-corrected chi connectivity index (χ0v) is 19.7. The lowest BCUT2D eigenvalue weighted by atomic mass is 10.0. The van der Waals surface area contributed by atoms with Crippen molar-refractivity contribution in [1.29, 1.82) is 0 Å². The van der Waals surface area contributed by atoms with Crippen molar-refractivity contribution in [2.45, 2.75) is 39.3 Å². The Morgan fingerprint density at radius 2 is 1.97 bits per heavy atom. The predicted octanol–water partition coefficient (Wildman–Crippen LogP) is 3.86. The molecular formula is C26H29N5O3. The lowest BCUT2D eigenvalue weighted by molar-refractivity contribution is 0.0717. The molecule has 3 heterocycles. The van der Waals surface area contributed by atoms with E-state index >= 15 is 0 Å². The minimum Gasteiger partial charge on any atom is -0.463 e. The highest BCUT2D eigenvalue weighted by Crippen LogP contribution is 2.18.